The summed E-state index contributed by atoms with van der Waals surface area (Å²) < 4.78 is 25.5. The van der Waals surface area contributed by atoms with Gasteiger partial charge >= 0.3 is 0 Å². The number of hydrogen-bond donors (Lipinski definition) is 1. The third-order valence-electron chi connectivity index (χ3n) is 1.40. The van der Waals surface area contributed by atoms with Crippen molar-refractivity contribution < 1.29 is 12.6 Å². The Kier molecular flexibility index (Phi) is 6.32. The Hall–Kier alpha value is -0.130. The van der Waals surface area contributed by atoms with Crippen LogP contribution in [0.2, 0.25) is 0 Å². The molecule has 4 nitrogen and oxygen atoms in total. The smallest absolute Gasteiger partial charge is 0.264 e. The molecule has 0 aliphatic rings. The van der Waals surface area contributed by atoms with E-state index in [0.29, 0.717) is 13.2 Å². The molecule has 0 aromatic carbocycles. The van der Waals surface area contributed by atoms with Crippen LogP contribution in [0.3, 0.4) is 0 Å². The van der Waals surface area contributed by atoms with E-state index in [-0.39, 0.29) is 0 Å². The van der Waals surface area contributed by atoms with E-state index in [4.69, 9.17) is 5.73 Å². The van der Waals surface area contributed by atoms with Gasteiger partial charge in [0.25, 0.3) is 10.1 Å². The van der Waals surface area contributed by atoms with Gasteiger partial charge in [0, 0.05) is 0 Å². The molecule has 0 amide bonds. The van der Waals surface area contributed by atoms with Crippen LogP contribution in [0.4, 0.5) is 0 Å². The summed E-state index contributed by atoms with van der Waals surface area (Å²) in [6, 6.07) is 0. The van der Waals surface area contributed by atoms with E-state index in [0.717, 1.165) is 31.9 Å². The zero-order chi connectivity index (χ0) is 9.45. The van der Waals surface area contributed by atoms with Gasteiger partial charge < -0.3 is 5.73 Å². The number of unbranched alkanes of at least 4 members (excludes halogenated alkanes) is 3. The van der Waals surface area contributed by atoms with E-state index in [1.54, 1.807) is 0 Å². The van der Waals surface area contributed by atoms with Crippen LogP contribution in [0.1, 0.15) is 25.7 Å². The van der Waals surface area contributed by atoms with Gasteiger partial charge in [0.2, 0.25) is 0 Å². The molecule has 0 fully saturated rings. The van der Waals surface area contributed by atoms with Crippen LogP contribution in [0.15, 0.2) is 0 Å². The van der Waals surface area contributed by atoms with Gasteiger partial charge in [-0.1, -0.05) is 12.8 Å². The summed E-state index contributed by atoms with van der Waals surface area (Å²) in [5.41, 5.74) is 5.29. The van der Waals surface area contributed by atoms with Gasteiger partial charge in [-0.15, -0.1) is 0 Å². The Bertz CT molecular complexity index is 189. The minimum Gasteiger partial charge on any atom is -0.330 e. The fourth-order valence-electron chi connectivity index (χ4n) is 0.810. The van der Waals surface area contributed by atoms with Crippen molar-refractivity contribution in [3.8, 4) is 0 Å². The van der Waals surface area contributed by atoms with Crippen molar-refractivity contribution in [1.82, 2.24) is 0 Å². The summed E-state index contributed by atoms with van der Waals surface area (Å²) >= 11 is 0. The van der Waals surface area contributed by atoms with Gasteiger partial charge in [-0.25, -0.2) is 0 Å². The molecule has 0 rings (SSSR count). The molecule has 12 heavy (non-hydrogen) atoms. The molecular weight excluding hydrogens is 178 g/mol. The fourth-order valence-corrected chi connectivity index (χ4v) is 1.23. The summed E-state index contributed by atoms with van der Waals surface area (Å²) in [6.45, 7) is 0.996. The van der Waals surface area contributed by atoms with Crippen LogP contribution < -0.4 is 5.73 Å². The first-order chi connectivity index (χ1) is 5.56. The molecule has 0 aliphatic carbocycles. The molecule has 0 unspecified atom stereocenters. The lowest BCUT2D eigenvalue weighted by atomic mass is 10.2. The fraction of sp³-hybridized carbons (Fsp3) is 1.00. The summed E-state index contributed by atoms with van der Waals surface area (Å²) in [5.74, 6) is 0. The molecule has 0 aromatic heterocycles. The van der Waals surface area contributed by atoms with Crippen LogP contribution >= 0.6 is 0 Å². The molecule has 0 atom stereocenters. The van der Waals surface area contributed by atoms with Crippen molar-refractivity contribution in [2.24, 2.45) is 5.73 Å². The highest BCUT2D eigenvalue weighted by molar-refractivity contribution is 7.85. The Morgan fingerprint density at radius 2 is 1.75 bits per heavy atom. The van der Waals surface area contributed by atoms with Gasteiger partial charge in [0.15, 0.2) is 0 Å². The third-order valence-corrected chi connectivity index (χ3v) is 1.99. The molecule has 0 saturated carbocycles. The molecule has 0 heterocycles. The van der Waals surface area contributed by atoms with Crippen LogP contribution in [-0.4, -0.2) is 27.8 Å². The SMILES string of the molecule is CS(=O)(=O)OCCCCCCN. The van der Waals surface area contributed by atoms with Gasteiger partial charge in [-0.2, -0.15) is 8.42 Å². The molecule has 0 radical (unpaired) electrons. The first kappa shape index (κ1) is 11.9. The van der Waals surface area contributed by atoms with Crippen molar-refractivity contribution in [3.05, 3.63) is 0 Å². The highest BCUT2D eigenvalue weighted by Crippen LogP contribution is 1.99. The molecule has 0 saturated heterocycles. The Morgan fingerprint density at radius 1 is 1.17 bits per heavy atom. The average Bonchev–Trinajstić information content (AvgIpc) is 1.94. The molecule has 2 N–H and O–H groups in total. The lowest BCUT2D eigenvalue weighted by Crippen LogP contribution is -2.04. The van der Waals surface area contributed by atoms with Crippen LogP contribution in [0.25, 0.3) is 0 Å². The predicted octanol–water partition coefficient (Wildman–Crippen LogP) is 0.482. The van der Waals surface area contributed by atoms with Crippen LogP contribution in [-0.2, 0) is 14.3 Å². The standard InChI is InChI=1S/C7H17NO3S/c1-12(9,10)11-7-5-3-2-4-6-8/h2-8H2,1H3. The molecule has 0 aromatic rings. The monoisotopic (exact) mass is 195 g/mol. The van der Waals surface area contributed by atoms with Gasteiger partial charge in [-0.3, -0.25) is 4.18 Å². The van der Waals surface area contributed by atoms with Crippen LogP contribution in [0.5, 0.6) is 0 Å². The summed E-state index contributed by atoms with van der Waals surface area (Å²) in [7, 11) is -3.24. The van der Waals surface area contributed by atoms with E-state index < -0.39 is 10.1 Å². The van der Waals surface area contributed by atoms with E-state index in [1.165, 1.54) is 0 Å². The second-order valence-corrected chi connectivity index (χ2v) is 4.37. The first-order valence-electron chi connectivity index (χ1n) is 4.11. The summed E-state index contributed by atoms with van der Waals surface area (Å²) in [6.07, 6.45) is 4.87. The maximum atomic E-state index is 10.5. The molecule has 0 aliphatic heterocycles. The zero-order valence-corrected chi connectivity index (χ0v) is 8.27. The molecule has 0 bridgehead atoms. The van der Waals surface area contributed by atoms with Gasteiger partial charge in [0.1, 0.15) is 0 Å². The quantitative estimate of drug-likeness (QED) is 0.474. The van der Waals surface area contributed by atoms with Gasteiger partial charge in [0.05, 0.1) is 12.9 Å². The van der Waals surface area contributed by atoms with E-state index in [9.17, 15) is 8.42 Å². The zero-order valence-electron chi connectivity index (χ0n) is 7.45. The molecular formula is C7H17NO3S. The van der Waals surface area contributed by atoms with E-state index in [1.807, 2.05) is 0 Å². The summed E-state index contributed by atoms with van der Waals surface area (Å²) in [5, 5.41) is 0. The predicted molar refractivity (Wildman–Crippen MR) is 48.3 cm³/mol. The minimum absolute atomic E-state index is 0.295. The molecule has 5 heteroatoms. The molecule has 74 valence electrons. The van der Waals surface area contributed by atoms with Gasteiger partial charge in [-0.05, 0) is 19.4 Å². The first-order valence-corrected chi connectivity index (χ1v) is 5.92. The van der Waals surface area contributed by atoms with Crippen molar-refractivity contribution >= 4 is 10.1 Å². The normalized spacial score (nSPS) is 11.8. The topological polar surface area (TPSA) is 69.4 Å². The second kappa shape index (κ2) is 6.39. The Morgan fingerprint density at radius 3 is 2.25 bits per heavy atom. The van der Waals surface area contributed by atoms with E-state index >= 15 is 0 Å². The van der Waals surface area contributed by atoms with Crippen molar-refractivity contribution in [3.63, 3.8) is 0 Å². The highest BCUT2D eigenvalue weighted by Gasteiger charge is 1.99. The lowest BCUT2D eigenvalue weighted by Gasteiger charge is -2.00. The Labute approximate surface area is 74.2 Å². The second-order valence-electron chi connectivity index (χ2n) is 2.73. The van der Waals surface area contributed by atoms with Crippen LogP contribution in [0, 0.1) is 0 Å². The maximum absolute atomic E-state index is 10.5. The summed E-state index contributed by atoms with van der Waals surface area (Å²) in [4.78, 5) is 0. The largest absolute Gasteiger partial charge is 0.330 e. The lowest BCUT2D eigenvalue weighted by molar-refractivity contribution is 0.310. The third kappa shape index (κ3) is 9.87. The number of nitrogens with two attached hydrogens (primary N) is 1. The average molecular weight is 195 g/mol. The number of rotatable bonds is 7. The minimum atomic E-state index is -3.24. The van der Waals surface area contributed by atoms with Crippen molar-refractivity contribution in [2.45, 2.75) is 25.7 Å². The van der Waals surface area contributed by atoms with E-state index in [2.05, 4.69) is 4.18 Å². The van der Waals surface area contributed by atoms with Crippen molar-refractivity contribution in [1.29, 1.82) is 0 Å². The highest BCUT2D eigenvalue weighted by atomic mass is 32.2. The Balaban J connectivity index is 3.12. The number of hydrogen-bond acceptors (Lipinski definition) is 4. The van der Waals surface area contributed by atoms with Crippen molar-refractivity contribution in [2.75, 3.05) is 19.4 Å². The maximum Gasteiger partial charge on any atom is 0.264 e. The molecule has 0 spiro atoms.